The topological polar surface area (TPSA) is 77.4 Å². The molecule has 2 aromatic rings. The maximum absolute atomic E-state index is 12.2. The molecule has 0 N–H and O–H groups in total. The summed E-state index contributed by atoms with van der Waals surface area (Å²) >= 11 is 0. The zero-order chi connectivity index (χ0) is 24.3. The zero-order valence-electron chi connectivity index (χ0n) is 20.1. The third-order valence-corrected chi connectivity index (χ3v) is 6.22. The number of ether oxygens (including phenoxy) is 3. The second kappa shape index (κ2) is 12.9. The van der Waals surface area contributed by atoms with Gasteiger partial charge in [0.2, 0.25) is 0 Å². The molecular weight excluding hydrogens is 432 g/mol. The largest absolute Gasteiger partial charge is 0.468 e. The standard InChI is InChI=1S/C27H34N2O5/c1-4-20(24(26(30)32-2)27(31)33-3)18-28-29-17-11-16-23(29)19-34-25(21-12-7-5-8-13-21)22-14-9-6-10-15-22/h5-10,12-15,18,20,23-25H,4,11,16-17,19H2,1-3H3/b28-18+/t20-,23-/m0/s1. The van der Waals surface area contributed by atoms with Gasteiger partial charge in [-0.15, -0.1) is 0 Å². The van der Waals surface area contributed by atoms with Crippen molar-refractivity contribution < 1.29 is 23.8 Å². The fourth-order valence-corrected chi connectivity index (χ4v) is 4.29. The second-order valence-electron chi connectivity index (χ2n) is 8.35. The molecule has 0 aromatic heterocycles. The number of hydrogen-bond donors (Lipinski definition) is 0. The Hall–Kier alpha value is -3.19. The van der Waals surface area contributed by atoms with Gasteiger partial charge in [0.25, 0.3) is 0 Å². The molecule has 0 saturated carbocycles. The summed E-state index contributed by atoms with van der Waals surface area (Å²) in [5, 5.41) is 6.67. The smallest absolute Gasteiger partial charge is 0.320 e. The van der Waals surface area contributed by atoms with Crippen LogP contribution in [0.5, 0.6) is 0 Å². The monoisotopic (exact) mass is 466 g/mol. The van der Waals surface area contributed by atoms with E-state index < -0.39 is 23.8 Å². The highest BCUT2D eigenvalue weighted by Crippen LogP contribution is 2.28. The van der Waals surface area contributed by atoms with Crippen molar-refractivity contribution >= 4 is 18.2 Å². The zero-order valence-corrected chi connectivity index (χ0v) is 20.1. The van der Waals surface area contributed by atoms with Crippen LogP contribution in [0.15, 0.2) is 65.8 Å². The van der Waals surface area contributed by atoms with E-state index in [-0.39, 0.29) is 12.1 Å². The van der Waals surface area contributed by atoms with E-state index in [2.05, 4.69) is 29.4 Å². The van der Waals surface area contributed by atoms with Crippen LogP contribution in [0.1, 0.15) is 43.4 Å². The lowest BCUT2D eigenvalue weighted by atomic mass is 9.91. The fourth-order valence-electron chi connectivity index (χ4n) is 4.29. The second-order valence-corrected chi connectivity index (χ2v) is 8.35. The summed E-state index contributed by atoms with van der Waals surface area (Å²) in [5.74, 6) is -2.66. The Balaban J connectivity index is 1.71. The molecule has 0 unspecified atom stereocenters. The minimum atomic E-state index is -1.03. The maximum atomic E-state index is 12.2. The van der Waals surface area contributed by atoms with E-state index in [0.29, 0.717) is 13.0 Å². The predicted molar refractivity (Wildman–Crippen MR) is 130 cm³/mol. The molecule has 2 atom stereocenters. The molecule has 34 heavy (non-hydrogen) atoms. The first-order valence-corrected chi connectivity index (χ1v) is 11.8. The molecule has 1 saturated heterocycles. The first kappa shape index (κ1) is 25.4. The Labute approximate surface area is 201 Å². The van der Waals surface area contributed by atoms with Crippen LogP contribution in [0.2, 0.25) is 0 Å². The van der Waals surface area contributed by atoms with Gasteiger partial charge in [-0.05, 0) is 30.4 Å². The summed E-state index contributed by atoms with van der Waals surface area (Å²) in [5.41, 5.74) is 2.21. The minimum Gasteiger partial charge on any atom is -0.468 e. The molecule has 182 valence electrons. The molecule has 0 amide bonds. The molecule has 3 rings (SSSR count). The van der Waals surface area contributed by atoms with Crippen molar-refractivity contribution in [1.29, 1.82) is 0 Å². The molecule has 0 aliphatic carbocycles. The number of carbonyl (C=O) groups excluding carboxylic acids is 2. The van der Waals surface area contributed by atoms with Gasteiger partial charge in [-0.1, -0.05) is 67.6 Å². The molecular formula is C27H34N2O5. The Kier molecular flexibility index (Phi) is 9.64. The van der Waals surface area contributed by atoms with Gasteiger partial charge in [-0.25, -0.2) is 0 Å². The van der Waals surface area contributed by atoms with Gasteiger partial charge in [0.05, 0.1) is 26.9 Å². The van der Waals surface area contributed by atoms with Crippen molar-refractivity contribution in [3.8, 4) is 0 Å². The van der Waals surface area contributed by atoms with Gasteiger partial charge in [-0.3, -0.25) is 14.6 Å². The number of esters is 2. The minimum absolute atomic E-state index is 0.110. The Morgan fingerprint density at radius 1 is 1.00 bits per heavy atom. The Morgan fingerprint density at radius 3 is 2.06 bits per heavy atom. The Bertz CT molecular complexity index is 879. The average molecular weight is 467 g/mol. The Morgan fingerprint density at radius 2 is 1.56 bits per heavy atom. The number of hydrazone groups is 1. The fraction of sp³-hybridized carbons (Fsp3) is 0.444. The summed E-state index contributed by atoms with van der Waals surface area (Å²) in [6, 6.07) is 20.5. The first-order chi connectivity index (χ1) is 16.6. The highest BCUT2D eigenvalue weighted by atomic mass is 16.5. The van der Waals surface area contributed by atoms with Gasteiger partial charge in [-0.2, -0.15) is 5.10 Å². The predicted octanol–water partition coefficient (Wildman–Crippen LogP) is 4.23. The lowest BCUT2D eigenvalue weighted by Crippen LogP contribution is -2.35. The van der Waals surface area contributed by atoms with Gasteiger partial charge in [0.1, 0.15) is 6.10 Å². The third kappa shape index (κ3) is 6.44. The van der Waals surface area contributed by atoms with Crippen LogP contribution >= 0.6 is 0 Å². The number of hydrogen-bond acceptors (Lipinski definition) is 7. The van der Waals surface area contributed by atoms with E-state index in [4.69, 9.17) is 14.2 Å². The number of benzene rings is 2. The molecule has 1 heterocycles. The number of nitrogens with zero attached hydrogens (tertiary/aromatic N) is 2. The summed E-state index contributed by atoms with van der Waals surface area (Å²) in [6.45, 7) is 3.22. The first-order valence-electron chi connectivity index (χ1n) is 11.8. The molecule has 7 heteroatoms. The van der Waals surface area contributed by atoms with Gasteiger partial charge in [0.15, 0.2) is 5.92 Å². The molecule has 1 fully saturated rings. The number of methoxy groups -OCH3 is 2. The SMILES string of the molecule is CC[C@@H](/C=N/N1CCC[C@H]1COC(c1ccccc1)c1ccccc1)C(C(=O)OC)C(=O)OC. The lowest BCUT2D eigenvalue weighted by molar-refractivity contribution is -0.160. The van der Waals surface area contributed by atoms with Crippen LogP contribution in [-0.4, -0.2) is 56.6 Å². The third-order valence-electron chi connectivity index (χ3n) is 6.22. The maximum Gasteiger partial charge on any atom is 0.320 e. The van der Waals surface area contributed by atoms with E-state index >= 15 is 0 Å². The van der Waals surface area contributed by atoms with Crippen molar-refractivity contribution in [2.75, 3.05) is 27.4 Å². The van der Waals surface area contributed by atoms with Crippen LogP contribution in [0.4, 0.5) is 0 Å². The molecule has 0 spiro atoms. The van der Waals surface area contributed by atoms with Crippen molar-refractivity contribution in [2.24, 2.45) is 16.9 Å². The van der Waals surface area contributed by atoms with Crippen LogP contribution in [0, 0.1) is 11.8 Å². The molecule has 1 aliphatic heterocycles. The van der Waals surface area contributed by atoms with E-state index in [1.54, 1.807) is 6.21 Å². The average Bonchev–Trinajstić information content (AvgIpc) is 3.34. The normalized spacial score (nSPS) is 16.9. The number of rotatable bonds is 11. The van der Waals surface area contributed by atoms with E-state index in [9.17, 15) is 9.59 Å². The summed E-state index contributed by atoms with van der Waals surface area (Å²) in [7, 11) is 2.54. The van der Waals surface area contributed by atoms with Gasteiger partial charge in [0, 0.05) is 18.7 Å². The van der Waals surface area contributed by atoms with Crippen molar-refractivity contribution in [2.45, 2.75) is 38.3 Å². The van der Waals surface area contributed by atoms with Crippen LogP contribution in [0.3, 0.4) is 0 Å². The molecule has 7 nitrogen and oxygen atoms in total. The quantitative estimate of drug-likeness (QED) is 0.280. The van der Waals surface area contributed by atoms with Crippen molar-refractivity contribution in [3.05, 3.63) is 71.8 Å². The van der Waals surface area contributed by atoms with Crippen LogP contribution in [0.25, 0.3) is 0 Å². The molecule has 1 aliphatic rings. The molecule has 0 bridgehead atoms. The van der Waals surface area contributed by atoms with Gasteiger partial charge < -0.3 is 14.2 Å². The highest BCUT2D eigenvalue weighted by molar-refractivity contribution is 5.97. The van der Waals surface area contributed by atoms with Crippen LogP contribution < -0.4 is 0 Å². The molecule has 0 radical (unpaired) electrons. The number of carbonyl (C=O) groups is 2. The van der Waals surface area contributed by atoms with Crippen molar-refractivity contribution in [1.82, 2.24) is 5.01 Å². The van der Waals surface area contributed by atoms with Crippen LogP contribution in [-0.2, 0) is 23.8 Å². The lowest BCUT2D eigenvalue weighted by Gasteiger charge is -2.26. The summed E-state index contributed by atoms with van der Waals surface area (Å²) in [4.78, 5) is 24.4. The van der Waals surface area contributed by atoms with Gasteiger partial charge >= 0.3 is 11.9 Å². The van der Waals surface area contributed by atoms with Crippen molar-refractivity contribution in [3.63, 3.8) is 0 Å². The summed E-state index contributed by atoms with van der Waals surface area (Å²) in [6.07, 6.45) is 4.03. The summed E-state index contributed by atoms with van der Waals surface area (Å²) < 4.78 is 16.1. The van der Waals surface area contributed by atoms with E-state index in [1.807, 2.05) is 48.3 Å². The highest BCUT2D eigenvalue weighted by Gasteiger charge is 2.35. The van der Waals surface area contributed by atoms with E-state index in [1.165, 1.54) is 14.2 Å². The van der Waals surface area contributed by atoms with E-state index in [0.717, 1.165) is 30.5 Å². The molecule has 2 aromatic carbocycles.